The van der Waals surface area contributed by atoms with Gasteiger partial charge in [0.15, 0.2) is 5.82 Å². The molecular weight excluding hydrogens is 328 g/mol. The van der Waals surface area contributed by atoms with Crippen molar-refractivity contribution in [3.8, 4) is 0 Å². The van der Waals surface area contributed by atoms with Crippen LogP contribution in [-0.2, 0) is 0 Å². The fourth-order valence-corrected chi connectivity index (χ4v) is 2.82. The number of hydrogen-bond donors (Lipinski definition) is 3. The van der Waals surface area contributed by atoms with E-state index >= 15 is 0 Å². The number of hydrogen-bond acceptors (Lipinski definition) is 4. The molecule has 4 rings (SSSR count). The van der Waals surface area contributed by atoms with E-state index in [-0.39, 0.29) is 5.69 Å². The molecule has 24 heavy (non-hydrogen) atoms. The maximum Gasteiger partial charge on any atom is 0.352 e. The molecule has 0 radical (unpaired) electrons. The largest absolute Gasteiger partial charge is 0.477 e. The van der Waals surface area contributed by atoms with E-state index in [1.165, 1.54) is 0 Å². The van der Waals surface area contributed by atoms with Gasteiger partial charge in [0.2, 0.25) is 0 Å². The highest BCUT2D eigenvalue weighted by Crippen LogP contribution is 2.31. The number of aromatic carboxylic acids is 1. The molecule has 3 heterocycles. The summed E-state index contributed by atoms with van der Waals surface area (Å²) in [6, 6.07) is 10.6. The third kappa shape index (κ3) is 2.43. The zero-order valence-corrected chi connectivity index (χ0v) is 13.0. The number of halogens is 1. The van der Waals surface area contributed by atoms with Gasteiger partial charge in [0.1, 0.15) is 5.69 Å². The zero-order valence-electron chi connectivity index (χ0n) is 12.2. The summed E-state index contributed by atoms with van der Waals surface area (Å²) in [6.07, 6.45) is 3.32. The molecule has 0 aliphatic carbocycles. The summed E-state index contributed by atoms with van der Waals surface area (Å²) in [5.41, 5.74) is 2.18. The van der Waals surface area contributed by atoms with E-state index in [0.29, 0.717) is 16.4 Å². The van der Waals surface area contributed by atoms with Gasteiger partial charge in [-0.1, -0.05) is 17.7 Å². The molecule has 3 N–H and O–H groups in total. The summed E-state index contributed by atoms with van der Waals surface area (Å²) in [5.74, 6) is -0.504. The van der Waals surface area contributed by atoms with E-state index in [2.05, 4.69) is 20.3 Å². The predicted octanol–water partition coefficient (Wildman–Crippen LogP) is 4.21. The van der Waals surface area contributed by atoms with Crippen molar-refractivity contribution in [3.05, 3.63) is 59.5 Å². The molecule has 0 amide bonds. The Balaban J connectivity index is 1.96. The van der Waals surface area contributed by atoms with Crippen LogP contribution in [0.15, 0.2) is 48.8 Å². The summed E-state index contributed by atoms with van der Waals surface area (Å²) >= 11 is 6.02. The standard InChI is InChI=1S/C17H11ClN4O2/c18-9-2-1-3-10(6-9)20-16-15-11(7-14(21-15)17(23)24)12-8-19-5-4-13(12)22-16/h1-8,21H,(H,20,22)(H,23,24). The van der Waals surface area contributed by atoms with Crippen molar-refractivity contribution >= 4 is 50.9 Å². The molecule has 3 aromatic heterocycles. The van der Waals surface area contributed by atoms with E-state index < -0.39 is 5.97 Å². The van der Waals surface area contributed by atoms with Crippen LogP contribution in [0.4, 0.5) is 11.5 Å². The summed E-state index contributed by atoms with van der Waals surface area (Å²) in [5, 5.41) is 14.6. The second kappa shape index (κ2) is 5.50. The number of aromatic nitrogens is 3. The third-order valence-electron chi connectivity index (χ3n) is 3.69. The first-order valence-corrected chi connectivity index (χ1v) is 7.52. The van der Waals surface area contributed by atoms with E-state index in [1.807, 2.05) is 12.1 Å². The molecule has 0 saturated carbocycles. The molecule has 1 aromatic carbocycles. The van der Waals surface area contributed by atoms with E-state index in [4.69, 9.17) is 11.6 Å². The molecule has 7 heteroatoms. The number of nitrogens with one attached hydrogen (secondary N) is 2. The van der Waals surface area contributed by atoms with Gasteiger partial charge in [-0.3, -0.25) is 4.98 Å². The Morgan fingerprint density at radius 1 is 1.21 bits per heavy atom. The molecule has 0 spiro atoms. The smallest absolute Gasteiger partial charge is 0.352 e. The van der Waals surface area contributed by atoms with Crippen LogP contribution in [0.5, 0.6) is 0 Å². The van der Waals surface area contributed by atoms with Gasteiger partial charge in [0.05, 0.1) is 11.0 Å². The van der Waals surface area contributed by atoms with Crippen LogP contribution in [0, 0.1) is 0 Å². The van der Waals surface area contributed by atoms with Crippen molar-refractivity contribution in [2.45, 2.75) is 0 Å². The Bertz CT molecular complexity index is 1090. The minimum absolute atomic E-state index is 0.0947. The van der Waals surface area contributed by atoms with Crippen molar-refractivity contribution in [2.24, 2.45) is 0 Å². The number of anilines is 2. The van der Waals surface area contributed by atoms with Crippen LogP contribution < -0.4 is 5.32 Å². The number of carbonyl (C=O) groups is 1. The summed E-state index contributed by atoms with van der Waals surface area (Å²) in [7, 11) is 0. The molecule has 118 valence electrons. The van der Waals surface area contributed by atoms with Gasteiger partial charge in [-0.05, 0) is 30.3 Å². The summed E-state index contributed by atoms with van der Waals surface area (Å²) in [4.78, 5) is 22.9. The molecule has 0 aliphatic rings. The highest BCUT2D eigenvalue weighted by Gasteiger charge is 2.15. The third-order valence-corrected chi connectivity index (χ3v) is 3.93. The SMILES string of the molecule is O=C(O)c1cc2c([nH]1)c(Nc1cccc(Cl)c1)nc1ccncc12. The number of benzene rings is 1. The highest BCUT2D eigenvalue weighted by atomic mass is 35.5. The first kappa shape index (κ1) is 14.5. The molecule has 0 atom stereocenters. The predicted molar refractivity (Wildman–Crippen MR) is 93.1 cm³/mol. The number of rotatable bonds is 3. The minimum Gasteiger partial charge on any atom is -0.477 e. The van der Waals surface area contributed by atoms with E-state index in [9.17, 15) is 9.90 Å². The quantitative estimate of drug-likeness (QED) is 0.520. The molecule has 0 saturated heterocycles. The average molecular weight is 339 g/mol. The number of H-pyrrole nitrogens is 1. The van der Waals surface area contributed by atoms with Crippen LogP contribution >= 0.6 is 11.6 Å². The Morgan fingerprint density at radius 3 is 2.88 bits per heavy atom. The van der Waals surface area contributed by atoms with Crippen LogP contribution in [-0.4, -0.2) is 26.0 Å². The van der Waals surface area contributed by atoms with Gasteiger partial charge >= 0.3 is 5.97 Å². The van der Waals surface area contributed by atoms with Crippen LogP contribution in [0.1, 0.15) is 10.5 Å². The normalized spacial score (nSPS) is 11.0. The fourth-order valence-electron chi connectivity index (χ4n) is 2.63. The molecule has 0 fully saturated rings. The first-order valence-electron chi connectivity index (χ1n) is 7.14. The molecule has 0 bridgehead atoms. The lowest BCUT2D eigenvalue weighted by atomic mass is 10.1. The lowest BCUT2D eigenvalue weighted by Gasteiger charge is -2.09. The zero-order chi connectivity index (χ0) is 16.7. The van der Waals surface area contributed by atoms with Crippen molar-refractivity contribution in [1.82, 2.24) is 15.0 Å². The molecule has 6 nitrogen and oxygen atoms in total. The molecule has 0 unspecified atom stereocenters. The Morgan fingerprint density at radius 2 is 2.08 bits per heavy atom. The Kier molecular flexibility index (Phi) is 3.32. The first-order chi connectivity index (χ1) is 11.6. The number of aromatic amines is 1. The fraction of sp³-hybridized carbons (Fsp3) is 0. The van der Waals surface area contributed by atoms with Crippen LogP contribution in [0.2, 0.25) is 5.02 Å². The van der Waals surface area contributed by atoms with Gasteiger partial charge in [0, 0.05) is 33.9 Å². The maximum absolute atomic E-state index is 11.3. The van der Waals surface area contributed by atoms with Gasteiger partial charge in [-0.2, -0.15) is 0 Å². The maximum atomic E-state index is 11.3. The number of carboxylic acid groups (broad SMARTS) is 1. The number of carboxylic acids is 1. The van der Waals surface area contributed by atoms with Crippen LogP contribution in [0.3, 0.4) is 0 Å². The average Bonchev–Trinajstić information content (AvgIpc) is 3.01. The number of fused-ring (bicyclic) bond motifs is 3. The van der Waals surface area contributed by atoms with E-state index in [1.54, 1.807) is 36.7 Å². The van der Waals surface area contributed by atoms with Gasteiger partial charge < -0.3 is 15.4 Å². The molecule has 0 aliphatic heterocycles. The van der Waals surface area contributed by atoms with Crippen molar-refractivity contribution in [2.75, 3.05) is 5.32 Å². The number of pyridine rings is 2. The van der Waals surface area contributed by atoms with Gasteiger partial charge in [0.25, 0.3) is 0 Å². The van der Waals surface area contributed by atoms with Crippen molar-refractivity contribution in [3.63, 3.8) is 0 Å². The highest BCUT2D eigenvalue weighted by molar-refractivity contribution is 6.30. The monoisotopic (exact) mass is 338 g/mol. The summed E-state index contributed by atoms with van der Waals surface area (Å²) < 4.78 is 0. The molecular formula is C17H11ClN4O2. The van der Waals surface area contributed by atoms with E-state index in [0.717, 1.165) is 22.0 Å². The Hall–Kier alpha value is -3.12. The minimum atomic E-state index is -1.03. The van der Waals surface area contributed by atoms with Crippen LogP contribution in [0.25, 0.3) is 21.8 Å². The second-order valence-corrected chi connectivity index (χ2v) is 5.70. The Labute approximate surface area is 141 Å². The van der Waals surface area contributed by atoms with Gasteiger partial charge in [-0.15, -0.1) is 0 Å². The second-order valence-electron chi connectivity index (χ2n) is 5.27. The summed E-state index contributed by atoms with van der Waals surface area (Å²) in [6.45, 7) is 0. The number of nitrogens with zero attached hydrogens (tertiary/aromatic N) is 2. The van der Waals surface area contributed by atoms with Crippen molar-refractivity contribution < 1.29 is 9.90 Å². The lowest BCUT2D eigenvalue weighted by Crippen LogP contribution is -1.97. The lowest BCUT2D eigenvalue weighted by molar-refractivity contribution is 0.0691. The topological polar surface area (TPSA) is 90.9 Å². The van der Waals surface area contributed by atoms with Gasteiger partial charge in [-0.25, -0.2) is 9.78 Å². The molecule has 4 aromatic rings. The van der Waals surface area contributed by atoms with Crippen molar-refractivity contribution in [1.29, 1.82) is 0 Å².